The lowest BCUT2D eigenvalue weighted by Crippen LogP contribution is -2.33. The minimum Gasteiger partial charge on any atom is -0.490 e. The number of hydrogen-bond donors (Lipinski definition) is 0. The van der Waals surface area contributed by atoms with Gasteiger partial charge in [0.05, 0.1) is 28.1 Å². The number of benzene rings is 1. The maximum absolute atomic E-state index is 6.45. The minimum atomic E-state index is -0.216. The third-order valence-electron chi connectivity index (χ3n) is 4.67. The van der Waals surface area contributed by atoms with E-state index in [0.717, 1.165) is 34.1 Å². The zero-order chi connectivity index (χ0) is 17.5. The van der Waals surface area contributed by atoms with Crippen molar-refractivity contribution in [3.8, 4) is 11.5 Å². The highest BCUT2D eigenvalue weighted by molar-refractivity contribution is 7.12. The number of hydrogen-bond acceptors (Lipinski definition) is 6. The second-order valence-electron chi connectivity index (χ2n) is 6.22. The molecule has 2 atom stereocenters. The van der Waals surface area contributed by atoms with Gasteiger partial charge in [-0.1, -0.05) is 24.3 Å². The SMILES string of the molecule is CCOc1cccc2c1OC(c1cccs1)N1N=C(c3cccs3)CC21. The van der Waals surface area contributed by atoms with Crippen LogP contribution in [0, 0.1) is 0 Å². The summed E-state index contributed by atoms with van der Waals surface area (Å²) < 4.78 is 12.3. The van der Waals surface area contributed by atoms with Gasteiger partial charge < -0.3 is 9.47 Å². The van der Waals surface area contributed by atoms with Crippen molar-refractivity contribution in [3.05, 3.63) is 68.5 Å². The number of ether oxygens (including phenoxy) is 2. The molecule has 2 unspecified atom stereocenters. The van der Waals surface area contributed by atoms with Crippen LogP contribution in [0.3, 0.4) is 0 Å². The van der Waals surface area contributed by atoms with Crippen molar-refractivity contribution >= 4 is 28.4 Å². The molecular formula is C20H18N2O2S2. The van der Waals surface area contributed by atoms with E-state index in [9.17, 15) is 0 Å². The van der Waals surface area contributed by atoms with Gasteiger partial charge in [-0.25, -0.2) is 5.01 Å². The van der Waals surface area contributed by atoms with Gasteiger partial charge in [0.2, 0.25) is 6.23 Å². The van der Waals surface area contributed by atoms with Crippen LogP contribution in [0.5, 0.6) is 11.5 Å². The summed E-state index contributed by atoms with van der Waals surface area (Å²) in [5.74, 6) is 1.67. The average Bonchev–Trinajstić information content (AvgIpc) is 3.41. The Kier molecular flexibility index (Phi) is 3.94. The fraction of sp³-hybridized carbons (Fsp3) is 0.250. The molecule has 3 aromatic rings. The molecule has 4 heterocycles. The maximum atomic E-state index is 6.45. The summed E-state index contributed by atoms with van der Waals surface area (Å²) in [5, 5.41) is 11.3. The van der Waals surface area contributed by atoms with Gasteiger partial charge >= 0.3 is 0 Å². The van der Waals surface area contributed by atoms with E-state index in [-0.39, 0.29) is 12.3 Å². The van der Waals surface area contributed by atoms with E-state index in [4.69, 9.17) is 14.6 Å². The van der Waals surface area contributed by atoms with Crippen LogP contribution in [-0.2, 0) is 0 Å². The normalized spacial score (nSPS) is 21.0. The van der Waals surface area contributed by atoms with E-state index in [2.05, 4.69) is 46.1 Å². The number of nitrogens with zero attached hydrogens (tertiary/aromatic N) is 2. The predicted molar refractivity (Wildman–Crippen MR) is 105 cm³/mol. The fourth-order valence-corrected chi connectivity index (χ4v) is 5.03. The third-order valence-corrected chi connectivity index (χ3v) is 6.49. The van der Waals surface area contributed by atoms with Crippen LogP contribution in [0.15, 0.2) is 58.3 Å². The smallest absolute Gasteiger partial charge is 0.223 e. The van der Waals surface area contributed by atoms with Gasteiger partial charge in [-0.05, 0) is 35.9 Å². The second-order valence-corrected chi connectivity index (χ2v) is 8.14. The van der Waals surface area contributed by atoms with Crippen molar-refractivity contribution in [2.75, 3.05) is 6.61 Å². The molecular weight excluding hydrogens is 364 g/mol. The summed E-state index contributed by atoms with van der Waals surface area (Å²) in [6.45, 7) is 2.62. The molecule has 5 rings (SSSR count). The topological polar surface area (TPSA) is 34.1 Å². The molecule has 132 valence electrons. The Labute approximate surface area is 160 Å². The summed E-state index contributed by atoms with van der Waals surface area (Å²) >= 11 is 3.43. The predicted octanol–water partition coefficient (Wildman–Crippen LogP) is 5.45. The molecule has 0 radical (unpaired) electrons. The molecule has 0 aliphatic carbocycles. The molecule has 0 saturated carbocycles. The van der Waals surface area contributed by atoms with E-state index < -0.39 is 0 Å². The van der Waals surface area contributed by atoms with Crippen molar-refractivity contribution < 1.29 is 9.47 Å². The molecule has 2 aliphatic heterocycles. The first-order chi connectivity index (χ1) is 12.8. The Bertz CT molecular complexity index is 935. The second kappa shape index (κ2) is 6.45. The Morgan fingerprint density at radius 3 is 2.81 bits per heavy atom. The van der Waals surface area contributed by atoms with Gasteiger partial charge in [0.25, 0.3) is 0 Å². The first-order valence-corrected chi connectivity index (χ1v) is 10.5. The van der Waals surface area contributed by atoms with Crippen LogP contribution in [0.1, 0.15) is 40.9 Å². The highest BCUT2D eigenvalue weighted by Crippen LogP contribution is 2.51. The van der Waals surface area contributed by atoms with E-state index in [1.54, 1.807) is 22.7 Å². The molecule has 2 aromatic heterocycles. The molecule has 0 saturated heterocycles. The van der Waals surface area contributed by atoms with Crippen molar-refractivity contribution in [1.29, 1.82) is 0 Å². The molecule has 26 heavy (non-hydrogen) atoms. The van der Waals surface area contributed by atoms with Crippen LogP contribution >= 0.6 is 22.7 Å². The van der Waals surface area contributed by atoms with Crippen LogP contribution in [0.2, 0.25) is 0 Å². The molecule has 1 aromatic carbocycles. The summed E-state index contributed by atoms with van der Waals surface area (Å²) in [4.78, 5) is 2.38. The Morgan fingerprint density at radius 1 is 1.15 bits per heavy atom. The lowest BCUT2D eigenvalue weighted by Gasteiger charge is -2.38. The quantitative estimate of drug-likeness (QED) is 0.602. The van der Waals surface area contributed by atoms with Crippen molar-refractivity contribution in [1.82, 2.24) is 5.01 Å². The highest BCUT2D eigenvalue weighted by atomic mass is 32.1. The van der Waals surface area contributed by atoms with Gasteiger partial charge in [-0.15, -0.1) is 22.7 Å². The zero-order valence-electron chi connectivity index (χ0n) is 14.3. The number of fused-ring (bicyclic) bond motifs is 3. The minimum absolute atomic E-state index is 0.170. The summed E-state index contributed by atoms with van der Waals surface area (Å²) in [6, 6.07) is 14.7. The summed E-state index contributed by atoms with van der Waals surface area (Å²) in [5.41, 5.74) is 2.28. The molecule has 0 spiro atoms. The van der Waals surface area contributed by atoms with E-state index >= 15 is 0 Å². The average molecular weight is 383 g/mol. The molecule has 0 fully saturated rings. The van der Waals surface area contributed by atoms with E-state index in [1.807, 2.05) is 19.1 Å². The molecule has 4 nitrogen and oxygen atoms in total. The zero-order valence-corrected chi connectivity index (χ0v) is 15.9. The van der Waals surface area contributed by atoms with E-state index in [0.29, 0.717) is 6.61 Å². The van der Waals surface area contributed by atoms with Gasteiger partial charge in [-0.3, -0.25) is 0 Å². The van der Waals surface area contributed by atoms with Gasteiger partial charge in [0, 0.05) is 12.0 Å². The van der Waals surface area contributed by atoms with Crippen LogP contribution in [0.4, 0.5) is 0 Å². The monoisotopic (exact) mass is 382 g/mol. The Hall–Kier alpha value is -2.31. The van der Waals surface area contributed by atoms with Crippen LogP contribution in [-0.4, -0.2) is 17.3 Å². The fourth-order valence-electron chi connectivity index (χ4n) is 3.56. The first-order valence-electron chi connectivity index (χ1n) is 8.70. The molecule has 2 aliphatic rings. The number of hydrazone groups is 1. The standard InChI is InChI=1S/C20H18N2O2S2/c1-2-23-16-7-3-6-13-15-12-14(17-8-4-10-25-17)21-22(15)20(24-19(13)16)18-9-5-11-26-18/h3-11,15,20H,2,12H2,1H3. The number of para-hydroxylation sites is 1. The van der Waals surface area contributed by atoms with Crippen molar-refractivity contribution in [3.63, 3.8) is 0 Å². The van der Waals surface area contributed by atoms with Crippen LogP contribution < -0.4 is 9.47 Å². The number of thiophene rings is 2. The lowest BCUT2D eigenvalue weighted by atomic mass is 9.98. The van der Waals surface area contributed by atoms with Gasteiger partial charge in [0.15, 0.2) is 11.5 Å². The maximum Gasteiger partial charge on any atom is 0.223 e. The Balaban J connectivity index is 1.61. The molecule has 0 bridgehead atoms. The highest BCUT2D eigenvalue weighted by Gasteiger charge is 2.42. The van der Waals surface area contributed by atoms with Crippen molar-refractivity contribution in [2.45, 2.75) is 25.6 Å². The summed E-state index contributed by atoms with van der Waals surface area (Å²) in [6.07, 6.45) is 0.667. The van der Waals surface area contributed by atoms with Gasteiger partial charge in [-0.2, -0.15) is 5.10 Å². The molecule has 0 N–H and O–H groups in total. The van der Waals surface area contributed by atoms with Crippen molar-refractivity contribution in [2.24, 2.45) is 5.10 Å². The van der Waals surface area contributed by atoms with Crippen LogP contribution in [0.25, 0.3) is 0 Å². The summed E-state index contributed by atoms with van der Waals surface area (Å²) in [7, 11) is 0. The van der Waals surface area contributed by atoms with E-state index in [1.165, 1.54) is 4.88 Å². The molecule has 0 amide bonds. The largest absolute Gasteiger partial charge is 0.490 e. The lowest BCUT2D eigenvalue weighted by molar-refractivity contribution is -0.0188. The van der Waals surface area contributed by atoms with Gasteiger partial charge in [0.1, 0.15) is 0 Å². The molecule has 6 heteroatoms. The first kappa shape index (κ1) is 15.9. The third kappa shape index (κ3) is 2.52. The number of rotatable bonds is 4. The Morgan fingerprint density at radius 2 is 2.04 bits per heavy atom.